The van der Waals surface area contributed by atoms with Crippen LogP contribution in [0.5, 0.6) is 11.5 Å². The van der Waals surface area contributed by atoms with Crippen molar-refractivity contribution in [1.82, 2.24) is 5.32 Å². The van der Waals surface area contributed by atoms with Crippen molar-refractivity contribution in [3.63, 3.8) is 0 Å². The molecule has 0 atom stereocenters. The third kappa shape index (κ3) is 3.39. The highest BCUT2D eigenvalue weighted by Crippen LogP contribution is 2.32. The van der Waals surface area contributed by atoms with Crippen molar-refractivity contribution in [2.45, 2.75) is 6.92 Å². The normalized spacial score (nSPS) is 15.7. The van der Waals surface area contributed by atoms with Crippen LogP contribution in [-0.4, -0.2) is 32.1 Å². The molecule has 1 aliphatic heterocycles. The number of nitrogens with zero attached hydrogens (tertiary/aromatic N) is 1. The number of hydrogen-bond donors (Lipinski definition) is 1. The van der Waals surface area contributed by atoms with Gasteiger partial charge in [-0.3, -0.25) is 14.9 Å². The van der Waals surface area contributed by atoms with Crippen molar-refractivity contribution in [3.05, 3.63) is 59.2 Å². The van der Waals surface area contributed by atoms with E-state index < -0.39 is 17.8 Å². The first-order valence-corrected chi connectivity index (χ1v) is 8.15. The molecule has 1 saturated heterocycles. The van der Waals surface area contributed by atoms with Gasteiger partial charge < -0.3 is 9.47 Å². The van der Waals surface area contributed by atoms with Crippen molar-refractivity contribution in [2.24, 2.45) is 0 Å². The summed E-state index contributed by atoms with van der Waals surface area (Å²) in [6.07, 6.45) is 1.44. The predicted molar refractivity (Wildman–Crippen MR) is 99.7 cm³/mol. The molecule has 0 saturated carbocycles. The van der Waals surface area contributed by atoms with Crippen molar-refractivity contribution in [3.8, 4) is 11.5 Å². The molecule has 0 aromatic heterocycles. The highest BCUT2D eigenvalue weighted by molar-refractivity contribution is 6.39. The molecule has 4 amide bonds. The van der Waals surface area contributed by atoms with Gasteiger partial charge >= 0.3 is 6.03 Å². The Labute approximate surface area is 156 Å². The van der Waals surface area contributed by atoms with E-state index in [1.54, 1.807) is 42.5 Å². The molecule has 2 aromatic rings. The fraction of sp³-hybridized carbons (Fsp3) is 0.150. The lowest BCUT2D eigenvalue weighted by molar-refractivity contribution is -0.122. The summed E-state index contributed by atoms with van der Waals surface area (Å²) in [6, 6.07) is 11.0. The van der Waals surface area contributed by atoms with E-state index in [0.29, 0.717) is 22.7 Å². The summed E-state index contributed by atoms with van der Waals surface area (Å²) in [5.74, 6) is -0.428. The summed E-state index contributed by atoms with van der Waals surface area (Å²) in [6.45, 7) is 1.82. The largest absolute Gasteiger partial charge is 0.493 e. The van der Waals surface area contributed by atoms with Gasteiger partial charge in [0.2, 0.25) is 0 Å². The quantitative estimate of drug-likeness (QED) is 0.664. The highest BCUT2D eigenvalue weighted by atomic mass is 16.5. The number of carbonyl (C=O) groups excluding carboxylic acids is 3. The number of nitrogens with one attached hydrogen (secondary N) is 1. The number of ether oxygens (including phenoxy) is 2. The zero-order chi connectivity index (χ0) is 19.6. The Kier molecular flexibility index (Phi) is 4.94. The van der Waals surface area contributed by atoms with E-state index in [1.165, 1.54) is 20.3 Å². The van der Waals surface area contributed by atoms with Crippen LogP contribution in [0.15, 0.2) is 48.0 Å². The maximum atomic E-state index is 12.9. The van der Waals surface area contributed by atoms with E-state index in [-0.39, 0.29) is 5.57 Å². The van der Waals surface area contributed by atoms with Gasteiger partial charge in [0.15, 0.2) is 11.5 Å². The molecule has 1 fully saturated rings. The Morgan fingerprint density at radius 3 is 2.22 bits per heavy atom. The number of barbiturate groups is 1. The second-order valence-corrected chi connectivity index (χ2v) is 5.86. The lowest BCUT2D eigenvalue weighted by Gasteiger charge is -2.26. The van der Waals surface area contributed by atoms with Gasteiger partial charge in [-0.05, 0) is 48.4 Å². The fourth-order valence-corrected chi connectivity index (χ4v) is 2.78. The number of amides is 4. The Hall–Kier alpha value is -3.61. The molecule has 1 aliphatic rings. The minimum atomic E-state index is -0.780. The summed E-state index contributed by atoms with van der Waals surface area (Å²) < 4.78 is 10.5. The zero-order valence-electron chi connectivity index (χ0n) is 15.1. The maximum absolute atomic E-state index is 12.9. The second-order valence-electron chi connectivity index (χ2n) is 5.86. The van der Waals surface area contributed by atoms with Crippen LogP contribution in [0.3, 0.4) is 0 Å². The molecule has 0 bridgehead atoms. The van der Waals surface area contributed by atoms with Gasteiger partial charge in [0.05, 0.1) is 19.9 Å². The predicted octanol–water partition coefficient (Wildman–Crippen LogP) is 2.68. The Balaban J connectivity index is 2.06. The number of methoxy groups -OCH3 is 2. The maximum Gasteiger partial charge on any atom is 0.335 e. The molecule has 0 unspecified atom stereocenters. The molecule has 0 spiro atoms. The van der Waals surface area contributed by atoms with E-state index in [1.807, 2.05) is 6.92 Å². The Morgan fingerprint density at radius 1 is 0.963 bits per heavy atom. The first kappa shape index (κ1) is 18.2. The number of hydrogen-bond acceptors (Lipinski definition) is 5. The average molecular weight is 366 g/mol. The first-order valence-electron chi connectivity index (χ1n) is 8.15. The van der Waals surface area contributed by atoms with Crippen molar-refractivity contribution >= 4 is 29.6 Å². The summed E-state index contributed by atoms with van der Waals surface area (Å²) in [4.78, 5) is 38.2. The number of para-hydroxylation sites is 1. The van der Waals surface area contributed by atoms with Gasteiger partial charge in [-0.1, -0.05) is 18.2 Å². The van der Waals surface area contributed by atoms with Crippen LogP contribution in [0, 0.1) is 6.92 Å². The monoisotopic (exact) mass is 366 g/mol. The standard InChI is InChI=1S/C20H18N2O5/c1-12-9-16(26-2)17(27-3)11-13(12)10-15-18(23)21-20(25)22(19(15)24)14-7-5-4-6-8-14/h4-11H,1-3H3,(H,21,23,25). The van der Waals surface area contributed by atoms with Crippen LogP contribution in [0.4, 0.5) is 10.5 Å². The molecule has 2 aromatic carbocycles. The average Bonchev–Trinajstić information content (AvgIpc) is 2.66. The van der Waals surface area contributed by atoms with E-state index in [9.17, 15) is 14.4 Å². The number of anilines is 1. The van der Waals surface area contributed by atoms with Gasteiger partial charge in [0.25, 0.3) is 11.8 Å². The molecule has 1 N–H and O–H groups in total. The first-order chi connectivity index (χ1) is 13.0. The van der Waals surface area contributed by atoms with Crippen molar-refractivity contribution in [2.75, 3.05) is 19.1 Å². The molecule has 1 heterocycles. The molecular weight excluding hydrogens is 348 g/mol. The van der Waals surface area contributed by atoms with Gasteiger partial charge in [0, 0.05) is 0 Å². The summed E-state index contributed by atoms with van der Waals surface area (Å²) in [5, 5.41) is 2.20. The van der Waals surface area contributed by atoms with Crippen LogP contribution in [0.25, 0.3) is 6.08 Å². The van der Waals surface area contributed by atoms with Crippen LogP contribution in [0.1, 0.15) is 11.1 Å². The molecule has 3 rings (SSSR count). The minimum Gasteiger partial charge on any atom is -0.493 e. The lowest BCUT2D eigenvalue weighted by atomic mass is 10.0. The van der Waals surface area contributed by atoms with E-state index in [2.05, 4.69) is 5.32 Å². The molecule has 0 radical (unpaired) electrons. The summed E-state index contributed by atoms with van der Waals surface area (Å²) in [7, 11) is 3.02. The van der Waals surface area contributed by atoms with Gasteiger partial charge in [0.1, 0.15) is 5.57 Å². The number of urea groups is 1. The van der Waals surface area contributed by atoms with Crippen LogP contribution >= 0.6 is 0 Å². The summed E-state index contributed by atoms with van der Waals surface area (Å²) >= 11 is 0. The van der Waals surface area contributed by atoms with Gasteiger partial charge in [-0.15, -0.1) is 0 Å². The minimum absolute atomic E-state index is 0.145. The van der Waals surface area contributed by atoms with Crippen molar-refractivity contribution < 1.29 is 23.9 Å². The number of benzene rings is 2. The smallest absolute Gasteiger partial charge is 0.335 e. The van der Waals surface area contributed by atoms with Crippen LogP contribution < -0.4 is 19.7 Å². The third-order valence-corrected chi connectivity index (χ3v) is 4.19. The number of imide groups is 2. The van der Waals surface area contributed by atoms with E-state index in [0.717, 1.165) is 10.5 Å². The van der Waals surface area contributed by atoms with Gasteiger partial charge in [-0.2, -0.15) is 0 Å². The fourth-order valence-electron chi connectivity index (χ4n) is 2.78. The number of rotatable bonds is 4. The highest BCUT2D eigenvalue weighted by Gasteiger charge is 2.36. The molecule has 27 heavy (non-hydrogen) atoms. The Morgan fingerprint density at radius 2 is 1.59 bits per heavy atom. The van der Waals surface area contributed by atoms with Crippen molar-refractivity contribution in [1.29, 1.82) is 0 Å². The van der Waals surface area contributed by atoms with E-state index >= 15 is 0 Å². The molecule has 138 valence electrons. The van der Waals surface area contributed by atoms with E-state index in [4.69, 9.17) is 9.47 Å². The number of carbonyl (C=O) groups is 3. The lowest BCUT2D eigenvalue weighted by Crippen LogP contribution is -2.54. The topological polar surface area (TPSA) is 84.9 Å². The molecular formula is C20H18N2O5. The second kappa shape index (κ2) is 7.33. The molecule has 7 heteroatoms. The van der Waals surface area contributed by atoms with Gasteiger partial charge in [-0.25, -0.2) is 9.69 Å². The molecule has 0 aliphatic carbocycles. The van der Waals surface area contributed by atoms with Crippen LogP contribution in [0.2, 0.25) is 0 Å². The Bertz CT molecular complexity index is 950. The zero-order valence-corrected chi connectivity index (χ0v) is 15.1. The number of aryl methyl sites for hydroxylation is 1. The third-order valence-electron chi connectivity index (χ3n) is 4.19. The SMILES string of the molecule is COc1cc(C)c(C=C2C(=O)NC(=O)N(c3ccccc3)C2=O)cc1OC. The van der Waals surface area contributed by atoms with Crippen LogP contribution in [-0.2, 0) is 9.59 Å². The summed E-state index contributed by atoms with van der Waals surface area (Å²) in [5.41, 5.74) is 1.62. The molecule has 7 nitrogen and oxygen atoms in total.